The SMILES string of the molecule is CCCN(C(=O)CCn1ncc2ccccc21)[C@@H]1COC[C@@H](O)[C@H]1O. The third kappa shape index (κ3) is 3.84. The molecular weight excluding hydrogens is 322 g/mol. The number of nitrogens with zero attached hydrogens (tertiary/aromatic N) is 3. The molecule has 0 radical (unpaired) electrons. The van der Waals surface area contributed by atoms with E-state index in [0.29, 0.717) is 13.1 Å². The minimum absolute atomic E-state index is 0.0665. The summed E-state index contributed by atoms with van der Waals surface area (Å²) in [6.45, 7) is 3.32. The fourth-order valence-corrected chi connectivity index (χ4v) is 3.30. The van der Waals surface area contributed by atoms with E-state index in [2.05, 4.69) is 5.10 Å². The maximum absolute atomic E-state index is 12.8. The van der Waals surface area contributed by atoms with E-state index in [1.54, 1.807) is 11.1 Å². The maximum atomic E-state index is 12.8. The maximum Gasteiger partial charge on any atom is 0.224 e. The lowest BCUT2D eigenvalue weighted by Gasteiger charge is -2.39. The van der Waals surface area contributed by atoms with Crippen molar-refractivity contribution in [3.63, 3.8) is 0 Å². The summed E-state index contributed by atoms with van der Waals surface area (Å²) in [4.78, 5) is 14.4. The minimum atomic E-state index is -0.977. The second-order valence-electron chi connectivity index (χ2n) is 6.43. The zero-order valence-electron chi connectivity index (χ0n) is 14.4. The molecule has 1 aromatic carbocycles. The van der Waals surface area contributed by atoms with E-state index in [9.17, 15) is 15.0 Å². The highest BCUT2D eigenvalue weighted by atomic mass is 16.5. The first-order chi connectivity index (χ1) is 12.1. The summed E-state index contributed by atoms with van der Waals surface area (Å²) in [5, 5.41) is 25.4. The first-order valence-corrected chi connectivity index (χ1v) is 8.75. The van der Waals surface area contributed by atoms with Crippen molar-refractivity contribution in [3.8, 4) is 0 Å². The number of carbonyl (C=O) groups is 1. The number of aliphatic hydroxyl groups excluding tert-OH is 2. The lowest BCUT2D eigenvalue weighted by Crippen LogP contribution is -2.57. The van der Waals surface area contributed by atoms with E-state index < -0.39 is 18.2 Å². The van der Waals surface area contributed by atoms with Crippen LogP contribution in [0.1, 0.15) is 19.8 Å². The van der Waals surface area contributed by atoms with Crippen molar-refractivity contribution in [2.45, 2.75) is 44.6 Å². The fourth-order valence-electron chi connectivity index (χ4n) is 3.30. The van der Waals surface area contributed by atoms with Crippen LogP contribution in [0.5, 0.6) is 0 Å². The standard InChI is InChI=1S/C18H25N3O4/c1-2-8-20(15-11-25-12-16(22)18(15)24)17(23)7-9-21-14-6-4-3-5-13(14)10-19-21/h3-6,10,15-16,18,22,24H,2,7-9,11-12H2,1H3/t15-,16-,18+/m1/s1. The van der Waals surface area contributed by atoms with Crippen LogP contribution in [0.3, 0.4) is 0 Å². The smallest absolute Gasteiger partial charge is 0.224 e. The summed E-state index contributed by atoms with van der Waals surface area (Å²) in [5.74, 6) is -0.0665. The first kappa shape index (κ1) is 17.8. The Hall–Kier alpha value is -1.96. The Balaban J connectivity index is 1.68. The average molecular weight is 347 g/mol. The van der Waals surface area contributed by atoms with Crippen molar-refractivity contribution in [3.05, 3.63) is 30.5 Å². The van der Waals surface area contributed by atoms with Crippen LogP contribution in [0, 0.1) is 0 Å². The molecule has 1 amide bonds. The van der Waals surface area contributed by atoms with E-state index in [1.165, 1.54) is 0 Å². The Labute approximate surface area is 146 Å². The van der Waals surface area contributed by atoms with Gasteiger partial charge in [0.25, 0.3) is 0 Å². The van der Waals surface area contributed by atoms with E-state index in [4.69, 9.17) is 4.74 Å². The molecule has 0 spiro atoms. The predicted octanol–water partition coefficient (Wildman–Crippen LogP) is 0.786. The summed E-state index contributed by atoms with van der Waals surface area (Å²) < 4.78 is 7.15. The normalized spacial score (nSPS) is 23.7. The van der Waals surface area contributed by atoms with Crippen molar-refractivity contribution >= 4 is 16.8 Å². The number of amides is 1. The molecule has 0 aliphatic carbocycles. The number of hydrogen-bond acceptors (Lipinski definition) is 5. The quantitative estimate of drug-likeness (QED) is 0.806. The van der Waals surface area contributed by atoms with Crippen LogP contribution in [-0.4, -0.2) is 68.8 Å². The number of hydrogen-bond donors (Lipinski definition) is 2. The van der Waals surface area contributed by atoms with Crippen LogP contribution >= 0.6 is 0 Å². The number of rotatable bonds is 6. The summed E-state index contributed by atoms with van der Waals surface area (Å²) in [5.41, 5.74) is 0.994. The number of aryl methyl sites for hydroxylation is 1. The number of aromatic nitrogens is 2. The summed E-state index contributed by atoms with van der Waals surface area (Å²) >= 11 is 0. The number of carbonyl (C=O) groups excluding carboxylic acids is 1. The molecular formula is C18H25N3O4. The van der Waals surface area contributed by atoms with Gasteiger partial charge in [-0.2, -0.15) is 5.10 Å². The van der Waals surface area contributed by atoms with Crippen molar-refractivity contribution < 1.29 is 19.7 Å². The van der Waals surface area contributed by atoms with Gasteiger partial charge < -0.3 is 19.8 Å². The molecule has 7 heteroatoms. The van der Waals surface area contributed by atoms with Crippen LogP contribution in [0.2, 0.25) is 0 Å². The topological polar surface area (TPSA) is 87.8 Å². The fraction of sp³-hybridized carbons (Fsp3) is 0.556. The number of para-hydroxylation sites is 1. The molecule has 1 aliphatic heterocycles. The molecule has 2 N–H and O–H groups in total. The molecule has 0 bridgehead atoms. The first-order valence-electron chi connectivity index (χ1n) is 8.75. The second kappa shape index (κ2) is 7.95. The van der Waals surface area contributed by atoms with E-state index >= 15 is 0 Å². The molecule has 0 unspecified atom stereocenters. The average Bonchev–Trinajstić information content (AvgIpc) is 3.03. The van der Waals surface area contributed by atoms with Gasteiger partial charge in [-0.3, -0.25) is 9.48 Å². The molecule has 3 atom stereocenters. The van der Waals surface area contributed by atoms with Crippen molar-refractivity contribution in [1.82, 2.24) is 14.7 Å². The van der Waals surface area contributed by atoms with Crippen molar-refractivity contribution in [1.29, 1.82) is 0 Å². The highest BCUT2D eigenvalue weighted by Gasteiger charge is 2.37. The Morgan fingerprint density at radius 2 is 2.16 bits per heavy atom. The van der Waals surface area contributed by atoms with Gasteiger partial charge in [-0.1, -0.05) is 25.1 Å². The largest absolute Gasteiger partial charge is 0.388 e. The van der Waals surface area contributed by atoms with Crippen LogP contribution in [0.25, 0.3) is 10.9 Å². The van der Waals surface area contributed by atoms with Gasteiger partial charge >= 0.3 is 0 Å². The predicted molar refractivity (Wildman–Crippen MR) is 93.0 cm³/mol. The molecule has 3 rings (SSSR count). The number of fused-ring (bicyclic) bond motifs is 1. The molecule has 1 aliphatic rings. The molecule has 1 saturated heterocycles. The van der Waals surface area contributed by atoms with Gasteiger partial charge in [0, 0.05) is 18.4 Å². The molecule has 2 aromatic rings. The van der Waals surface area contributed by atoms with E-state index in [0.717, 1.165) is 17.3 Å². The molecule has 1 aromatic heterocycles. The Morgan fingerprint density at radius 1 is 1.36 bits per heavy atom. The lowest BCUT2D eigenvalue weighted by atomic mass is 10.0. The van der Waals surface area contributed by atoms with E-state index in [-0.39, 0.29) is 25.5 Å². The molecule has 0 saturated carbocycles. The molecule has 7 nitrogen and oxygen atoms in total. The van der Waals surface area contributed by atoms with Gasteiger partial charge in [-0.15, -0.1) is 0 Å². The third-order valence-corrected chi connectivity index (χ3v) is 4.64. The summed E-state index contributed by atoms with van der Waals surface area (Å²) in [6, 6.07) is 7.36. The Morgan fingerprint density at radius 3 is 2.96 bits per heavy atom. The van der Waals surface area contributed by atoms with Gasteiger partial charge in [-0.25, -0.2) is 0 Å². The number of benzene rings is 1. The Bertz CT molecular complexity index is 717. The monoisotopic (exact) mass is 347 g/mol. The zero-order valence-corrected chi connectivity index (χ0v) is 14.4. The molecule has 25 heavy (non-hydrogen) atoms. The molecule has 136 valence electrons. The van der Waals surface area contributed by atoms with Gasteiger partial charge in [-0.05, 0) is 12.5 Å². The van der Waals surface area contributed by atoms with Crippen LogP contribution in [0.15, 0.2) is 30.5 Å². The highest BCUT2D eigenvalue weighted by Crippen LogP contribution is 2.18. The van der Waals surface area contributed by atoms with Gasteiger partial charge in [0.15, 0.2) is 0 Å². The van der Waals surface area contributed by atoms with Crippen LogP contribution in [-0.2, 0) is 16.1 Å². The van der Waals surface area contributed by atoms with Gasteiger partial charge in [0.1, 0.15) is 12.2 Å². The Kier molecular flexibility index (Phi) is 5.67. The van der Waals surface area contributed by atoms with E-state index in [1.807, 2.05) is 35.9 Å². The number of ether oxygens (including phenoxy) is 1. The molecule has 1 fully saturated rings. The highest BCUT2D eigenvalue weighted by molar-refractivity contribution is 5.79. The van der Waals surface area contributed by atoms with Crippen molar-refractivity contribution in [2.75, 3.05) is 19.8 Å². The second-order valence-corrected chi connectivity index (χ2v) is 6.43. The minimum Gasteiger partial charge on any atom is -0.388 e. The van der Waals surface area contributed by atoms with Crippen LogP contribution in [0.4, 0.5) is 0 Å². The van der Waals surface area contributed by atoms with Gasteiger partial charge in [0.05, 0.1) is 37.5 Å². The van der Waals surface area contributed by atoms with Crippen LogP contribution < -0.4 is 0 Å². The summed E-state index contributed by atoms with van der Waals surface area (Å²) in [7, 11) is 0. The molecule has 2 heterocycles. The van der Waals surface area contributed by atoms with Crippen molar-refractivity contribution in [2.24, 2.45) is 0 Å². The number of aliphatic hydroxyl groups is 2. The zero-order chi connectivity index (χ0) is 17.8. The third-order valence-electron chi connectivity index (χ3n) is 4.64. The van der Waals surface area contributed by atoms with Gasteiger partial charge in [0.2, 0.25) is 5.91 Å². The lowest BCUT2D eigenvalue weighted by molar-refractivity contribution is -0.156. The summed E-state index contributed by atoms with van der Waals surface area (Å²) in [6.07, 6.45) is 0.912.